The Morgan fingerprint density at radius 3 is 3.05 bits per heavy atom. The first kappa shape index (κ1) is 14.6. The molecule has 3 rings (SSSR count). The molecule has 1 aliphatic carbocycles. The summed E-state index contributed by atoms with van der Waals surface area (Å²) >= 11 is 1.71. The fourth-order valence-corrected chi connectivity index (χ4v) is 4.41. The predicted molar refractivity (Wildman–Crippen MR) is 81.8 cm³/mol. The number of carbonyl (C=O) groups excluding carboxylic acids is 1. The Bertz CT molecular complexity index is 559. The highest BCUT2D eigenvalue weighted by atomic mass is 32.1. The van der Waals surface area contributed by atoms with Crippen molar-refractivity contribution in [3.63, 3.8) is 0 Å². The van der Waals surface area contributed by atoms with Crippen molar-refractivity contribution in [3.8, 4) is 0 Å². The Kier molecular flexibility index (Phi) is 4.06. The number of aliphatic imine (C=N–C) groups is 1. The number of nitrogens with zero attached hydrogens (tertiary/aromatic N) is 3. The normalized spacial score (nSPS) is 26.5. The number of carbonyl (C=O) groups is 1. The van der Waals surface area contributed by atoms with Gasteiger partial charge in [0.15, 0.2) is 0 Å². The number of fused-ring (bicyclic) bond motifs is 1. The van der Waals surface area contributed by atoms with Gasteiger partial charge >= 0.3 is 0 Å². The van der Waals surface area contributed by atoms with Crippen LogP contribution in [0.25, 0.3) is 0 Å². The van der Waals surface area contributed by atoms with Crippen LogP contribution in [-0.2, 0) is 17.6 Å². The lowest BCUT2D eigenvalue weighted by molar-refractivity contribution is -0.133. The van der Waals surface area contributed by atoms with Gasteiger partial charge in [-0.05, 0) is 45.2 Å². The summed E-state index contributed by atoms with van der Waals surface area (Å²) in [6.07, 6.45) is 2.19. The lowest BCUT2D eigenvalue weighted by atomic mass is 9.85. The Labute approximate surface area is 128 Å². The first-order chi connectivity index (χ1) is 10.1. The molecule has 0 N–H and O–H groups in total. The van der Waals surface area contributed by atoms with Crippen LogP contribution in [-0.4, -0.2) is 47.8 Å². The highest BCUT2D eigenvalue weighted by molar-refractivity contribution is 7.11. The largest absolute Gasteiger partial charge is 0.338 e. The molecular weight excluding hydrogens is 289 g/mol. The summed E-state index contributed by atoms with van der Waals surface area (Å²) in [5, 5.41) is 1.08. The number of amides is 1. The molecule has 1 fully saturated rings. The molecule has 1 amide bonds. The SMILES string of the molecule is C=N[C@H](C(=O)N1CC[C@H](F)C1)C1CCc2nc(C)sc2C1. The van der Waals surface area contributed by atoms with Gasteiger partial charge in [0.2, 0.25) is 5.91 Å². The van der Waals surface area contributed by atoms with Gasteiger partial charge in [0.25, 0.3) is 0 Å². The van der Waals surface area contributed by atoms with Crippen molar-refractivity contribution in [2.24, 2.45) is 10.9 Å². The zero-order valence-electron chi connectivity index (χ0n) is 12.2. The number of hydrogen-bond donors (Lipinski definition) is 0. The third-order valence-corrected chi connectivity index (χ3v) is 5.46. The van der Waals surface area contributed by atoms with Crippen molar-refractivity contribution < 1.29 is 9.18 Å². The van der Waals surface area contributed by atoms with E-state index in [1.54, 1.807) is 16.2 Å². The number of alkyl halides is 1. The molecule has 114 valence electrons. The monoisotopic (exact) mass is 309 g/mol. The Balaban J connectivity index is 1.72. The second kappa shape index (κ2) is 5.83. The van der Waals surface area contributed by atoms with E-state index in [2.05, 4.69) is 16.7 Å². The van der Waals surface area contributed by atoms with E-state index in [4.69, 9.17) is 0 Å². The van der Waals surface area contributed by atoms with Crippen LogP contribution in [0.2, 0.25) is 0 Å². The minimum absolute atomic E-state index is 0.0557. The van der Waals surface area contributed by atoms with Gasteiger partial charge in [-0.3, -0.25) is 9.79 Å². The maximum absolute atomic E-state index is 13.3. The second-order valence-corrected chi connectivity index (χ2v) is 7.19. The third-order valence-electron chi connectivity index (χ3n) is 4.42. The average Bonchev–Trinajstić information content (AvgIpc) is 3.03. The van der Waals surface area contributed by atoms with Crippen molar-refractivity contribution >= 4 is 24.0 Å². The van der Waals surface area contributed by atoms with E-state index < -0.39 is 12.2 Å². The van der Waals surface area contributed by atoms with Gasteiger partial charge in [0.1, 0.15) is 12.2 Å². The van der Waals surface area contributed by atoms with Crippen LogP contribution in [0.3, 0.4) is 0 Å². The molecule has 0 spiro atoms. The van der Waals surface area contributed by atoms with Gasteiger partial charge in [-0.25, -0.2) is 9.37 Å². The van der Waals surface area contributed by atoms with Crippen LogP contribution in [0.1, 0.15) is 28.4 Å². The van der Waals surface area contributed by atoms with E-state index in [0.717, 1.165) is 24.3 Å². The lowest BCUT2D eigenvalue weighted by Crippen LogP contribution is -2.42. The molecule has 2 heterocycles. The molecule has 1 aromatic heterocycles. The van der Waals surface area contributed by atoms with Gasteiger partial charge in [-0.2, -0.15) is 0 Å². The van der Waals surface area contributed by atoms with Gasteiger partial charge in [-0.1, -0.05) is 0 Å². The number of rotatable bonds is 3. The minimum Gasteiger partial charge on any atom is -0.338 e. The zero-order chi connectivity index (χ0) is 15.0. The van der Waals surface area contributed by atoms with E-state index in [1.807, 2.05) is 6.92 Å². The van der Waals surface area contributed by atoms with Gasteiger partial charge in [0.05, 0.1) is 17.2 Å². The predicted octanol–water partition coefficient (Wildman–Crippen LogP) is 2.20. The van der Waals surface area contributed by atoms with E-state index >= 15 is 0 Å². The van der Waals surface area contributed by atoms with E-state index in [-0.39, 0.29) is 18.4 Å². The molecule has 1 saturated heterocycles. The molecule has 1 unspecified atom stereocenters. The molecule has 0 aromatic carbocycles. The topological polar surface area (TPSA) is 45.6 Å². The molecule has 21 heavy (non-hydrogen) atoms. The minimum atomic E-state index is -0.887. The fourth-order valence-electron chi connectivity index (χ4n) is 3.33. The first-order valence-electron chi connectivity index (χ1n) is 7.42. The van der Waals surface area contributed by atoms with Crippen molar-refractivity contribution in [1.82, 2.24) is 9.88 Å². The quantitative estimate of drug-likeness (QED) is 0.804. The molecule has 4 nitrogen and oxygen atoms in total. The molecule has 0 radical (unpaired) electrons. The van der Waals surface area contributed by atoms with Crippen molar-refractivity contribution in [1.29, 1.82) is 0 Å². The van der Waals surface area contributed by atoms with Gasteiger partial charge in [-0.15, -0.1) is 11.3 Å². The zero-order valence-corrected chi connectivity index (χ0v) is 13.0. The standard InChI is InChI=1S/C15H20FN3OS/c1-9-18-12-4-3-10(7-13(12)21-9)14(17-2)15(20)19-6-5-11(16)8-19/h10-11,14H,2-8H2,1H3/t10?,11-,14-/m0/s1. The highest BCUT2D eigenvalue weighted by Crippen LogP contribution is 2.33. The van der Waals surface area contributed by atoms with Crippen LogP contribution in [0, 0.1) is 12.8 Å². The maximum atomic E-state index is 13.3. The summed E-state index contributed by atoms with van der Waals surface area (Å²) in [6.45, 7) is 6.33. The molecule has 2 aliphatic rings. The molecule has 0 saturated carbocycles. The van der Waals surface area contributed by atoms with Crippen LogP contribution >= 0.6 is 11.3 Å². The number of hydrogen-bond acceptors (Lipinski definition) is 4. The smallest absolute Gasteiger partial charge is 0.247 e. The fraction of sp³-hybridized carbons (Fsp3) is 0.667. The van der Waals surface area contributed by atoms with Crippen molar-refractivity contribution in [2.75, 3.05) is 13.1 Å². The summed E-state index contributed by atoms with van der Waals surface area (Å²) in [7, 11) is 0. The number of halogens is 1. The highest BCUT2D eigenvalue weighted by Gasteiger charge is 2.36. The summed E-state index contributed by atoms with van der Waals surface area (Å²) < 4.78 is 13.3. The molecule has 0 bridgehead atoms. The second-order valence-electron chi connectivity index (χ2n) is 5.90. The number of likely N-dealkylation sites (tertiary alicyclic amines) is 1. The average molecular weight is 309 g/mol. The van der Waals surface area contributed by atoms with E-state index in [0.29, 0.717) is 13.0 Å². The molecular formula is C15H20FN3OS. The van der Waals surface area contributed by atoms with Crippen LogP contribution in [0.5, 0.6) is 0 Å². The van der Waals surface area contributed by atoms with Gasteiger partial charge < -0.3 is 4.90 Å². The first-order valence-corrected chi connectivity index (χ1v) is 8.24. The number of aryl methyl sites for hydroxylation is 2. The molecule has 6 heteroatoms. The third kappa shape index (κ3) is 2.86. The van der Waals surface area contributed by atoms with E-state index in [1.165, 1.54) is 10.6 Å². The maximum Gasteiger partial charge on any atom is 0.247 e. The Hall–Kier alpha value is -1.30. The Morgan fingerprint density at radius 2 is 2.38 bits per heavy atom. The summed E-state index contributed by atoms with van der Waals surface area (Å²) in [5.41, 5.74) is 1.18. The van der Waals surface area contributed by atoms with Crippen LogP contribution in [0.15, 0.2) is 4.99 Å². The number of aromatic nitrogens is 1. The van der Waals surface area contributed by atoms with E-state index in [9.17, 15) is 9.18 Å². The Morgan fingerprint density at radius 1 is 1.57 bits per heavy atom. The summed E-state index contributed by atoms with van der Waals surface area (Å²) in [5.74, 6) is 0.112. The molecule has 1 aromatic rings. The lowest BCUT2D eigenvalue weighted by Gasteiger charge is -2.29. The van der Waals surface area contributed by atoms with Gasteiger partial charge in [0, 0.05) is 11.4 Å². The van der Waals surface area contributed by atoms with Crippen molar-refractivity contribution in [2.45, 2.75) is 44.8 Å². The molecule has 1 aliphatic heterocycles. The molecule has 3 atom stereocenters. The van der Waals surface area contributed by atoms with Crippen LogP contribution in [0.4, 0.5) is 4.39 Å². The summed E-state index contributed by atoms with van der Waals surface area (Å²) in [6, 6.07) is -0.439. The van der Waals surface area contributed by atoms with Crippen LogP contribution < -0.4 is 0 Å². The number of thiazole rings is 1. The summed E-state index contributed by atoms with van der Waals surface area (Å²) in [4.78, 5) is 24.0. The van der Waals surface area contributed by atoms with Crippen molar-refractivity contribution in [3.05, 3.63) is 15.6 Å².